The van der Waals surface area contributed by atoms with Gasteiger partial charge in [-0.25, -0.2) is 4.57 Å². The number of unbranched alkanes of at least 4 members (excludes halogenated alkanes) is 18. The van der Waals surface area contributed by atoms with Crippen molar-refractivity contribution in [1.82, 2.24) is 5.32 Å². The number of aliphatic hydroxyl groups excluding tert-OH is 7. The van der Waals surface area contributed by atoms with Gasteiger partial charge in [0.05, 0.1) is 31.3 Å². The summed E-state index contributed by atoms with van der Waals surface area (Å²) in [6.45, 7) is 3.58. The molecular formula is C46H84NO12P. The molecule has 8 unspecified atom stereocenters. The van der Waals surface area contributed by atoms with E-state index in [-0.39, 0.29) is 6.42 Å². The monoisotopic (exact) mass is 874 g/mol. The summed E-state index contributed by atoms with van der Waals surface area (Å²) in [5, 5.41) is 74.2. The van der Waals surface area contributed by atoms with E-state index < -0.39 is 75.2 Å². The number of nitrogens with one attached hydrogen (secondary N) is 1. The molecule has 1 aliphatic carbocycles. The van der Waals surface area contributed by atoms with Gasteiger partial charge >= 0.3 is 7.82 Å². The van der Waals surface area contributed by atoms with E-state index in [4.69, 9.17) is 9.05 Å². The van der Waals surface area contributed by atoms with Crippen molar-refractivity contribution in [3.05, 3.63) is 48.6 Å². The van der Waals surface area contributed by atoms with Gasteiger partial charge in [0.2, 0.25) is 5.91 Å². The van der Waals surface area contributed by atoms with Gasteiger partial charge in [-0.05, 0) is 64.2 Å². The fourth-order valence-electron chi connectivity index (χ4n) is 7.10. The molecule has 0 aromatic rings. The molecule has 0 bridgehead atoms. The number of carbonyl (C=O) groups is 1. The zero-order valence-electron chi connectivity index (χ0n) is 36.9. The number of amides is 1. The van der Waals surface area contributed by atoms with Gasteiger partial charge in [-0.3, -0.25) is 13.8 Å². The van der Waals surface area contributed by atoms with E-state index in [0.29, 0.717) is 19.3 Å². The van der Waals surface area contributed by atoms with Gasteiger partial charge < -0.3 is 46.0 Å². The zero-order chi connectivity index (χ0) is 44.4. The van der Waals surface area contributed by atoms with E-state index in [1.165, 1.54) is 76.7 Å². The van der Waals surface area contributed by atoms with Crippen molar-refractivity contribution in [3.8, 4) is 0 Å². The van der Waals surface area contributed by atoms with Gasteiger partial charge in [0.15, 0.2) is 0 Å². The van der Waals surface area contributed by atoms with Crippen LogP contribution in [0.2, 0.25) is 0 Å². The topological polar surface area (TPSA) is 226 Å². The van der Waals surface area contributed by atoms with Crippen LogP contribution in [0.5, 0.6) is 0 Å². The number of phosphoric acid groups is 1. The van der Waals surface area contributed by atoms with E-state index in [9.17, 15) is 50.0 Å². The van der Waals surface area contributed by atoms with Gasteiger partial charge in [-0.15, -0.1) is 0 Å². The predicted molar refractivity (Wildman–Crippen MR) is 238 cm³/mol. The highest BCUT2D eigenvalue weighted by atomic mass is 31.2. The number of phosphoric ester groups is 1. The number of aliphatic hydroxyl groups is 7. The van der Waals surface area contributed by atoms with Crippen LogP contribution in [0.15, 0.2) is 48.6 Å². The van der Waals surface area contributed by atoms with Gasteiger partial charge in [0.1, 0.15) is 36.6 Å². The average molecular weight is 874 g/mol. The summed E-state index contributed by atoms with van der Waals surface area (Å²) < 4.78 is 22.8. The molecule has 350 valence electrons. The van der Waals surface area contributed by atoms with Gasteiger partial charge in [-0.1, -0.05) is 152 Å². The Morgan fingerprint density at radius 2 is 1.03 bits per heavy atom. The molecule has 0 spiro atoms. The Labute approximate surface area is 361 Å². The maximum atomic E-state index is 13.0. The molecule has 60 heavy (non-hydrogen) atoms. The normalized spacial score (nSPS) is 23.8. The summed E-state index contributed by atoms with van der Waals surface area (Å²) in [5.41, 5.74) is 0. The van der Waals surface area contributed by atoms with Crippen molar-refractivity contribution in [1.29, 1.82) is 0 Å². The predicted octanol–water partition coefficient (Wildman–Crippen LogP) is 7.53. The van der Waals surface area contributed by atoms with E-state index in [1.54, 1.807) is 6.08 Å². The second kappa shape index (κ2) is 35.7. The molecular weight excluding hydrogens is 789 g/mol. The van der Waals surface area contributed by atoms with Crippen molar-refractivity contribution in [2.75, 3.05) is 6.61 Å². The zero-order valence-corrected chi connectivity index (χ0v) is 37.8. The lowest BCUT2D eigenvalue weighted by molar-refractivity contribution is -0.220. The van der Waals surface area contributed by atoms with Gasteiger partial charge in [-0.2, -0.15) is 0 Å². The molecule has 8 atom stereocenters. The SMILES string of the molecule is CC/C=C/CC/C=C/CC/C=C/C(O)C(COP(=O)(O)OC1C(O)C(O)C(O)C(O)C1O)NC(=O)CC(O)CCCCCCC/C=C\CCCCCCCCCCCCC. The average Bonchev–Trinajstić information content (AvgIpc) is 3.22. The molecule has 0 radical (unpaired) electrons. The Kier molecular flexibility index (Phi) is 33.5. The van der Waals surface area contributed by atoms with Crippen LogP contribution in [0.4, 0.5) is 0 Å². The van der Waals surface area contributed by atoms with Crippen LogP contribution in [0.25, 0.3) is 0 Å². The second-order valence-corrected chi connectivity index (χ2v) is 17.8. The fraction of sp³-hybridized carbons (Fsp3) is 0.804. The van der Waals surface area contributed by atoms with Gasteiger partial charge in [0, 0.05) is 0 Å². The third-order valence-electron chi connectivity index (χ3n) is 10.9. The van der Waals surface area contributed by atoms with Gasteiger partial charge in [0.25, 0.3) is 0 Å². The molecule has 13 nitrogen and oxygen atoms in total. The Bertz CT molecular complexity index is 1220. The molecule has 14 heteroatoms. The Morgan fingerprint density at radius 3 is 1.55 bits per heavy atom. The first kappa shape index (κ1) is 56.3. The van der Waals surface area contributed by atoms with Crippen LogP contribution >= 0.6 is 7.82 Å². The van der Waals surface area contributed by atoms with Crippen LogP contribution in [-0.2, 0) is 18.4 Å². The minimum absolute atomic E-state index is 0.263. The van der Waals surface area contributed by atoms with E-state index in [0.717, 1.165) is 64.2 Å². The number of hydrogen-bond acceptors (Lipinski definition) is 11. The Hall–Kier alpha value is -1.74. The van der Waals surface area contributed by atoms with Crippen molar-refractivity contribution in [2.45, 2.75) is 229 Å². The first-order chi connectivity index (χ1) is 28.8. The van der Waals surface area contributed by atoms with Crippen LogP contribution in [0.3, 0.4) is 0 Å². The highest BCUT2D eigenvalue weighted by Gasteiger charge is 2.51. The first-order valence-electron chi connectivity index (χ1n) is 23.2. The third-order valence-corrected chi connectivity index (χ3v) is 11.9. The van der Waals surface area contributed by atoms with Crippen LogP contribution in [0.1, 0.15) is 174 Å². The van der Waals surface area contributed by atoms with E-state index in [1.807, 2.05) is 6.08 Å². The molecule has 1 saturated carbocycles. The molecule has 1 aliphatic rings. The molecule has 0 saturated heterocycles. The van der Waals surface area contributed by atoms with Crippen molar-refractivity contribution >= 4 is 13.7 Å². The summed E-state index contributed by atoms with van der Waals surface area (Å²) in [4.78, 5) is 23.4. The number of carbonyl (C=O) groups excluding carboxylic acids is 1. The summed E-state index contributed by atoms with van der Waals surface area (Å²) >= 11 is 0. The number of rotatable bonds is 37. The van der Waals surface area contributed by atoms with E-state index >= 15 is 0 Å². The lowest BCUT2D eigenvalue weighted by atomic mass is 9.85. The summed E-state index contributed by atoms with van der Waals surface area (Å²) in [7, 11) is -5.15. The molecule has 0 aliphatic heterocycles. The molecule has 9 N–H and O–H groups in total. The Balaban J connectivity index is 2.48. The minimum Gasteiger partial charge on any atom is -0.393 e. The molecule has 0 aromatic carbocycles. The molecule has 0 heterocycles. The second-order valence-electron chi connectivity index (χ2n) is 16.4. The number of allylic oxidation sites excluding steroid dienone is 7. The van der Waals surface area contributed by atoms with Crippen molar-refractivity contribution < 1.29 is 59.0 Å². The first-order valence-corrected chi connectivity index (χ1v) is 24.7. The number of hydrogen-bond donors (Lipinski definition) is 9. The van der Waals surface area contributed by atoms with E-state index in [2.05, 4.69) is 49.5 Å². The summed E-state index contributed by atoms with van der Waals surface area (Å²) in [6.07, 6.45) is 28.1. The maximum Gasteiger partial charge on any atom is 0.472 e. The minimum atomic E-state index is -5.15. The highest BCUT2D eigenvalue weighted by molar-refractivity contribution is 7.47. The molecule has 1 fully saturated rings. The smallest absolute Gasteiger partial charge is 0.393 e. The van der Waals surface area contributed by atoms with Crippen LogP contribution < -0.4 is 5.32 Å². The Morgan fingerprint density at radius 1 is 0.600 bits per heavy atom. The van der Waals surface area contributed by atoms with Crippen LogP contribution in [0, 0.1) is 0 Å². The lowest BCUT2D eigenvalue weighted by Gasteiger charge is -2.41. The quantitative estimate of drug-likeness (QED) is 0.0168. The molecule has 0 aromatic heterocycles. The maximum absolute atomic E-state index is 13.0. The summed E-state index contributed by atoms with van der Waals surface area (Å²) in [5.74, 6) is -0.615. The van der Waals surface area contributed by atoms with Crippen molar-refractivity contribution in [2.24, 2.45) is 0 Å². The molecule has 1 amide bonds. The highest BCUT2D eigenvalue weighted by Crippen LogP contribution is 2.47. The van der Waals surface area contributed by atoms with Crippen LogP contribution in [-0.4, -0.2) is 108 Å². The molecule has 1 rings (SSSR count). The van der Waals surface area contributed by atoms with Crippen molar-refractivity contribution in [3.63, 3.8) is 0 Å². The standard InChI is InChI=1S/C46H84NO12P/c1-3-5-7-9-11-13-15-16-17-18-19-20-21-22-23-24-25-27-29-31-33-37(48)35-40(50)47-38(39(49)34-32-30-28-26-14-12-10-8-6-4-2)36-58-60(56,57)59-46-44(54)42(52)41(51)43(53)45(46)55/h6,8,14,21-22,26,32,34,37-39,41-46,48-49,51-55H,3-5,7,9-13,15-20,23-25,27-31,33,35-36H2,1-2H3,(H,47,50)(H,56,57)/b8-6+,22-21-,26-14+,34-32+. The fourth-order valence-corrected chi connectivity index (χ4v) is 8.06. The third kappa shape index (κ3) is 27.3. The largest absolute Gasteiger partial charge is 0.472 e. The lowest BCUT2D eigenvalue weighted by Crippen LogP contribution is -2.64. The summed E-state index contributed by atoms with van der Waals surface area (Å²) in [6, 6.07) is -1.26.